The molecular formula is C11H13BrFN5. The van der Waals surface area contributed by atoms with Gasteiger partial charge in [-0.05, 0) is 28.9 Å². The highest BCUT2D eigenvalue weighted by molar-refractivity contribution is 9.10. The van der Waals surface area contributed by atoms with Crippen LogP contribution in [-0.4, -0.2) is 14.8 Å². The number of nitrogens with zero attached hydrogens (tertiary/aromatic N) is 3. The molecule has 0 aliphatic heterocycles. The van der Waals surface area contributed by atoms with E-state index in [0.717, 1.165) is 5.82 Å². The van der Waals surface area contributed by atoms with Crippen molar-refractivity contribution in [2.45, 2.75) is 13.0 Å². The first-order chi connectivity index (χ1) is 8.49. The molecular weight excluding hydrogens is 301 g/mol. The Morgan fingerprint density at radius 3 is 2.83 bits per heavy atom. The van der Waals surface area contributed by atoms with Crippen LogP contribution in [0.4, 0.5) is 15.8 Å². The monoisotopic (exact) mass is 313 g/mol. The number of nitrogens with one attached hydrogen (secondary N) is 1. The van der Waals surface area contributed by atoms with Gasteiger partial charge in [0.05, 0.1) is 21.9 Å². The molecule has 1 aromatic heterocycles. The molecule has 0 fully saturated rings. The third-order valence-electron chi connectivity index (χ3n) is 2.60. The number of benzene rings is 1. The summed E-state index contributed by atoms with van der Waals surface area (Å²) >= 11 is 3.09. The van der Waals surface area contributed by atoms with E-state index in [1.807, 2.05) is 14.0 Å². The van der Waals surface area contributed by atoms with Gasteiger partial charge in [0, 0.05) is 13.1 Å². The van der Waals surface area contributed by atoms with E-state index in [0.29, 0.717) is 15.8 Å². The standard InChI is InChI=1S/C11H13BrFN5/c1-6(11-17-15-5-18(11)2)16-10-4-8(13)7(12)3-9(10)14/h3-6,16H,14H2,1-2H3. The molecule has 18 heavy (non-hydrogen) atoms. The lowest BCUT2D eigenvalue weighted by Crippen LogP contribution is -2.13. The largest absolute Gasteiger partial charge is 0.397 e. The number of nitrogens with two attached hydrogens (primary N) is 1. The van der Waals surface area contributed by atoms with Gasteiger partial charge in [-0.2, -0.15) is 0 Å². The Balaban J connectivity index is 2.24. The summed E-state index contributed by atoms with van der Waals surface area (Å²) in [6.45, 7) is 1.91. The van der Waals surface area contributed by atoms with Crippen LogP contribution in [0.3, 0.4) is 0 Å². The first-order valence-corrected chi connectivity index (χ1v) is 6.13. The molecule has 5 nitrogen and oxygen atoms in total. The molecule has 0 saturated heterocycles. The van der Waals surface area contributed by atoms with Crippen LogP contribution in [0.1, 0.15) is 18.8 Å². The van der Waals surface area contributed by atoms with E-state index in [4.69, 9.17) is 5.73 Å². The maximum absolute atomic E-state index is 13.5. The molecule has 2 aromatic rings. The Labute approximate surface area is 112 Å². The molecule has 0 radical (unpaired) electrons. The SMILES string of the molecule is CC(Nc1cc(F)c(Br)cc1N)c1nncn1C. The number of aromatic nitrogens is 3. The van der Waals surface area contributed by atoms with Gasteiger partial charge in [-0.3, -0.25) is 0 Å². The van der Waals surface area contributed by atoms with E-state index in [1.165, 1.54) is 12.1 Å². The molecule has 0 saturated carbocycles. The predicted octanol–water partition coefficient (Wildman–Crippen LogP) is 2.47. The van der Waals surface area contributed by atoms with Crippen molar-refractivity contribution < 1.29 is 4.39 Å². The zero-order chi connectivity index (χ0) is 13.3. The Hall–Kier alpha value is -1.63. The summed E-state index contributed by atoms with van der Waals surface area (Å²) in [7, 11) is 1.85. The zero-order valence-electron chi connectivity index (χ0n) is 9.98. The highest BCUT2D eigenvalue weighted by atomic mass is 79.9. The van der Waals surface area contributed by atoms with E-state index in [2.05, 4.69) is 31.4 Å². The minimum atomic E-state index is -0.364. The molecule has 0 bridgehead atoms. The summed E-state index contributed by atoms with van der Waals surface area (Å²) in [5.41, 5.74) is 6.83. The molecule has 1 aromatic carbocycles. The van der Waals surface area contributed by atoms with Crippen molar-refractivity contribution in [3.05, 3.63) is 34.6 Å². The van der Waals surface area contributed by atoms with Crippen molar-refractivity contribution in [3.8, 4) is 0 Å². The number of hydrogen-bond donors (Lipinski definition) is 2. The first kappa shape index (κ1) is 12.8. The quantitative estimate of drug-likeness (QED) is 0.854. The lowest BCUT2D eigenvalue weighted by Gasteiger charge is -2.16. The van der Waals surface area contributed by atoms with Crippen LogP contribution in [0.25, 0.3) is 0 Å². The first-order valence-electron chi connectivity index (χ1n) is 5.34. The Kier molecular flexibility index (Phi) is 3.51. The third-order valence-corrected chi connectivity index (χ3v) is 3.21. The highest BCUT2D eigenvalue weighted by Gasteiger charge is 2.13. The Morgan fingerprint density at radius 1 is 1.50 bits per heavy atom. The van der Waals surface area contributed by atoms with Gasteiger partial charge in [0.1, 0.15) is 12.1 Å². The van der Waals surface area contributed by atoms with Crippen LogP contribution in [0.5, 0.6) is 0 Å². The Morgan fingerprint density at radius 2 is 2.22 bits per heavy atom. The van der Waals surface area contributed by atoms with Gasteiger partial charge in [-0.25, -0.2) is 4.39 Å². The molecule has 1 atom stereocenters. The van der Waals surface area contributed by atoms with Crippen molar-refractivity contribution in [2.75, 3.05) is 11.1 Å². The van der Waals surface area contributed by atoms with Crippen molar-refractivity contribution in [1.29, 1.82) is 0 Å². The van der Waals surface area contributed by atoms with E-state index in [1.54, 1.807) is 10.9 Å². The predicted molar refractivity (Wildman–Crippen MR) is 71.6 cm³/mol. The van der Waals surface area contributed by atoms with Gasteiger partial charge in [-0.1, -0.05) is 0 Å². The average Bonchev–Trinajstić information content (AvgIpc) is 2.72. The van der Waals surface area contributed by atoms with Crippen LogP contribution >= 0.6 is 15.9 Å². The van der Waals surface area contributed by atoms with Gasteiger partial charge < -0.3 is 15.6 Å². The molecule has 3 N–H and O–H groups in total. The second-order valence-corrected chi connectivity index (χ2v) is 4.87. The minimum Gasteiger partial charge on any atom is -0.397 e. The number of aryl methyl sites for hydroxylation is 1. The van der Waals surface area contributed by atoms with Crippen LogP contribution in [0.2, 0.25) is 0 Å². The maximum Gasteiger partial charge on any atom is 0.154 e. The lowest BCUT2D eigenvalue weighted by molar-refractivity contribution is 0.621. The van der Waals surface area contributed by atoms with Crippen molar-refractivity contribution in [2.24, 2.45) is 7.05 Å². The topological polar surface area (TPSA) is 68.8 Å². The number of hydrogen-bond acceptors (Lipinski definition) is 4. The highest BCUT2D eigenvalue weighted by Crippen LogP contribution is 2.28. The fourth-order valence-corrected chi connectivity index (χ4v) is 2.03. The number of halogens is 2. The normalized spacial score (nSPS) is 12.4. The van der Waals surface area contributed by atoms with Crippen molar-refractivity contribution in [3.63, 3.8) is 0 Å². The second kappa shape index (κ2) is 4.93. The summed E-state index contributed by atoms with van der Waals surface area (Å²) in [5, 5.41) is 10.9. The van der Waals surface area contributed by atoms with Gasteiger partial charge in [0.2, 0.25) is 0 Å². The fourth-order valence-electron chi connectivity index (χ4n) is 1.67. The maximum atomic E-state index is 13.5. The summed E-state index contributed by atoms with van der Waals surface area (Å²) in [6.07, 6.45) is 1.61. The van der Waals surface area contributed by atoms with E-state index >= 15 is 0 Å². The van der Waals surface area contributed by atoms with Crippen molar-refractivity contribution >= 4 is 27.3 Å². The number of nitrogen functional groups attached to an aromatic ring is 1. The molecule has 96 valence electrons. The van der Waals surface area contributed by atoms with Crippen molar-refractivity contribution in [1.82, 2.24) is 14.8 Å². The van der Waals surface area contributed by atoms with E-state index < -0.39 is 0 Å². The molecule has 0 aliphatic carbocycles. The summed E-state index contributed by atoms with van der Waals surface area (Å²) in [6, 6.07) is 2.76. The zero-order valence-corrected chi connectivity index (χ0v) is 11.6. The molecule has 1 unspecified atom stereocenters. The van der Waals surface area contributed by atoms with Crippen LogP contribution in [-0.2, 0) is 7.05 Å². The molecule has 0 amide bonds. The van der Waals surface area contributed by atoms with Gasteiger partial charge >= 0.3 is 0 Å². The number of rotatable bonds is 3. The summed E-state index contributed by atoms with van der Waals surface area (Å²) in [5.74, 6) is 0.384. The average molecular weight is 314 g/mol. The molecule has 0 spiro atoms. The lowest BCUT2D eigenvalue weighted by atomic mass is 10.2. The summed E-state index contributed by atoms with van der Waals surface area (Å²) in [4.78, 5) is 0. The number of anilines is 2. The molecule has 2 rings (SSSR count). The summed E-state index contributed by atoms with van der Waals surface area (Å²) < 4.78 is 15.6. The second-order valence-electron chi connectivity index (χ2n) is 4.02. The third kappa shape index (κ3) is 2.45. The fraction of sp³-hybridized carbons (Fsp3) is 0.273. The Bertz CT molecular complexity index is 569. The molecule has 1 heterocycles. The van der Waals surface area contributed by atoms with Crippen LogP contribution in [0, 0.1) is 5.82 Å². The van der Waals surface area contributed by atoms with Gasteiger partial charge in [-0.15, -0.1) is 10.2 Å². The smallest absolute Gasteiger partial charge is 0.154 e. The van der Waals surface area contributed by atoms with Gasteiger partial charge in [0.15, 0.2) is 5.82 Å². The van der Waals surface area contributed by atoms with Crippen LogP contribution < -0.4 is 11.1 Å². The van der Waals surface area contributed by atoms with E-state index in [-0.39, 0.29) is 11.9 Å². The van der Waals surface area contributed by atoms with E-state index in [9.17, 15) is 4.39 Å². The molecule has 0 aliphatic rings. The van der Waals surface area contributed by atoms with Crippen LogP contribution in [0.15, 0.2) is 22.9 Å². The minimum absolute atomic E-state index is 0.125. The van der Waals surface area contributed by atoms with Gasteiger partial charge in [0.25, 0.3) is 0 Å². The molecule has 7 heteroatoms.